The zero-order valence-electron chi connectivity index (χ0n) is 12.5. The highest BCUT2D eigenvalue weighted by molar-refractivity contribution is 5.19. The first kappa shape index (κ1) is 13.2. The molecular formula is C17H28N2. The number of aromatic amines is 1. The van der Waals surface area contributed by atoms with E-state index in [9.17, 15) is 0 Å². The van der Waals surface area contributed by atoms with Gasteiger partial charge in [0, 0.05) is 12.1 Å². The molecule has 1 heterocycles. The number of hydrogen-bond acceptors (Lipinski definition) is 1. The second-order valence-corrected chi connectivity index (χ2v) is 7.03. The second kappa shape index (κ2) is 5.68. The molecular weight excluding hydrogens is 232 g/mol. The van der Waals surface area contributed by atoms with Crippen LogP contribution in [0.5, 0.6) is 0 Å². The molecule has 1 aromatic heterocycles. The zero-order valence-corrected chi connectivity index (χ0v) is 12.5. The van der Waals surface area contributed by atoms with Crippen LogP contribution in [0.3, 0.4) is 0 Å². The fourth-order valence-electron chi connectivity index (χ4n) is 3.81. The third kappa shape index (κ3) is 3.04. The zero-order chi connectivity index (χ0) is 13.2. The Labute approximate surface area is 117 Å². The molecule has 1 fully saturated rings. The fraction of sp³-hybridized carbons (Fsp3) is 0.824. The minimum absolute atomic E-state index is 0.793. The summed E-state index contributed by atoms with van der Waals surface area (Å²) in [5, 5.41) is 0. The monoisotopic (exact) mass is 260 g/mol. The van der Waals surface area contributed by atoms with E-state index < -0.39 is 0 Å². The van der Waals surface area contributed by atoms with Crippen LogP contribution in [-0.4, -0.2) is 9.97 Å². The maximum atomic E-state index is 4.90. The van der Waals surface area contributed by atoms with Crippen LogP contribution in [0.25, 0.3) is 0 Å². The third-order valence-corrected chi connectivity index (χ3v) is 5.38. The van der Waals surface area contributed by atoms with Crippen molar-refractivity contribution in [2.45, 2.75) is 71.6 Å². The van der Waals surface area contributed by atoms with Gasteiger partial charge >= 0.3 is 0 Å². The first-order chi connectivity index (χ1) is 9.22. The molecule has 3 rings (SSSR count). The lowest BCUT2D eigenvalue weighted by atomic mass is 9.82. The molecule has 2 nitrogen and oxygen atoms in total. The van der Waals surface area contributed by atoms with E-state index in [-0.39, 0.29) is 0 Å². The van der Waals surface area contributed by atoms with E-state index in [1.165, 1.54) is 75.0 Å². The summed E-state index contributed by atoms with van der Waals surface area (Å²) in [6.45, 7) is 4.74. The summed E-state index contributed by atoms with van der Waals surface area (Å²) >= 11 is 0. The summed E-state index contributed by atoms with van der Waals surface area (Å²) in [5.74, 6) is 3.75. The lowest BCUT2D eigenvalue weighted by Crippen LogP contribution is -2.20. The van der Waals surface area contributed by atoms with Crippen molar-refractivity contribution in [3.8, 4) is 0 Å². The van der Waals surface area contributed by atoms with E-state index >= 15 is 0 Å². The summed E-state index contributed by atoms with van der Waals surface area (Å²) in [5.41, 5.74) is 2.81. The lowest BCUT2D eigenvalue weighted by molar-refractivity contribution is 0.355. The van der Waals surface area contributed by atoms with Crippen molar-refractivity contribution >= 4 is 0 Å². The Bertz CT molecular complexity index is 385. The Morgan fingerprint density at radius 3 is 2.42 bits per heavy atom. The molecule has 0 spiro atoms. The first-order valence-electron chi connectivity index (χ1n) is 8.29. The van der Waals surface area contributed by atoms with Crippen LogP contribution in [0.2, 0.25) is 0 Å². The number of imidazole rings is 1. The first-order valence-corrected chi connectivity index (χ1v) is 8.29. The van der Waals surface area contributed by atoms with Crippen LogP contribution in [0.15, 0.2) is 0 Å². The number of fused-ring (bicyclic) bond motifs is 1. The van der Waals surface area contributed by atoms with E-state index in [2.05, 4.69) is 18.8 Å². The standard InChI is InChI=1S/C17H28N2/c1-12-9-15-16(10-13(12)2)19-17(18-15)11-14-7-5-3-4-6-8-14/h12-14H,3-11H2,1-2H3,(H,18,19). The molecule has 0 radical (unpaired) electrons. The van der Waals surface area contributed by atoms with Gasteiger partial charge in [-0.25, -0.2) is 4.98 Å². The lowest BCUT2D eigenvalue weighted by Gasteiger charge is -2.24. The van der Waals surface area contributed by atoms with Crippen molar-refractivity contribution in [1.29, 1.82) is 0 Å². The number of nitrogens with one attached hydrogen (secondary N) is 1. The average Bonchev–Trinajstić information content (AvgIpc) is 2.60. The van der Waals surface area contributed by atoms with Crippen molar-refractivity contribution in [3.63, 3.8) is 0 Å². The Hall–Kier alpha value is -0.790. The molecule has 2 aliphatic carbocycles. The van der Waals surface area contributed by atoms with Gasteiger partial charge in [0.2, 0.25) is 0 Å². The maximum Gasteiger partial charge on any atom is 0.106 e. The molecule has 0 saturated heterocycles. The van der Waals surface area contributed by atoms with Gasteiger partial charge in [0.05, 0.1) is 5.69 Å². The predicted octanol–water partition coefficient (Wildman–Crippen LogP) is 4.29. The van der Waals surface area contributed by atoms with E-state index in [0.717, 1.165) is 17.8 Å². The van der Waals surface area contributed by atoms with Gasteiger partial charge in [-0.2, -0.15) is 0 Å². The fourth-order valence-corrected chi connectivity index (χ4v) is 3.81. The van der Waals surface area contributed by atoms with Crippen molar-refractivity contribution < 1.29 is 0 Å². The molecule has 19 heavy (non-hydrogen) atoms. The van der Waals surface area contributed by atoms with E-state index in [1.807, 2.05) is 0 Å². The third-order valence-electron chi connectivity index (χ3n) is 5.38. The van der Waals surface area contributed by atoms with Gasteiger partial charge in [0.15, 0.2) is 0 Å². The van der Waals surface area contributed by atoms with E-state index in [1.54, 1.807) is 0 Å². The minimum atomic E-state index is 0.793. The van der Waals surface area contributed by atoms with Gasteiger partial charge in [-0.3, -0.25) is 0 Å². The molecule has 2 atom stereocenters. The summed E-state index contributed by atoms with van der Waals surface area (Å²) in [7, 11) is 0. The smallest absolute Gasteiger partial charge is 0.106 e. The number of aromatic nitrogens is 2. The summed E-state index contributed by atoms with van der Waals surface area (Å²) < 4.78 is 0. The van der Waals surface area contributed by atoms with Crippen LogP contribution >= 0.6 is 0 Å². The van der Waals surface area contributed by atoms with Crippen LogP contribution in [-0.2, 0) is 19.3 Å². The van der Waals surface area contributed by atoms with Gasteiger partial charge in [-0.15, -0.1) is 0 Å². The summed E-state index contributed by atoms with van der Waals surface area (Å²) in [4.78, 5) is 8.55. The normalized spacial score (nSPS) is 28.9. The molecule has 1 N–H and O–H groups in total. The van der Waals surface area contributed by atoms with Crippen LogP contribution < -0.4 is 0 Å². The van der Waals surface area contributed by atoms with E-state index in [4.69, 9.17) is 4.98 Å². The Balaban J connectivity index is 1.67. The minimum Gasteiger partial charge on any atom is -0.346 e. The van der Waals surface area contributed by atoms with E-state index in [0.29, 0.717) is 0 Å². The van der Waals surface area contributed by atoms with Gasteiger partial charge in [-0.1, -0.05) is 52.4 Å². The quantitative estimate of drug-likeness (QED) is 0.789. The predicted molar refractivity (Wildman–Crippen MR) is 79.2 cm³/mol. The molecule has 0 aliphatic heterocycles. The number of rotatable bonds is 2. The Kier molecular flexibility index (Phi) is 3.95. The molecule has 0 aromatic carbocycles. The molecule has 0 amide bonds. The van der Waals surface area contributed by atoms with Crippen molar-refractivity contribution in [3.05, 3.63) is 17.2 Å². The Morgan fingerprint density at radius 2 is 1.68 bits per heavy atom. The van der Waals surface area contributed by atoms with Crippen LogP contribution in [0.4, 0.5) is 0 Å². The number of H-pyrrole nitrogens is 1. The van der Waals surface area contributed by atoms with Gasteiger partial charge in [0.1, 0.15) is 5.82 Å². The molecule has 106 valence electrons. The number of nitrogens with zero attached hydrogens (tertiary/aromatic N) is 1. The van der Waals surface area contributed by atoms with Gasteiger partial charge in [0.25, 0.3) is 0 Å². The molecule has 2 unspecified atom stereocenters. The maximum absolute atomic E-state index is 4.90. The second-order valence-electron chi connectivity index (χ2n) is 7.03. The Morgan fingerprint density at radius 1 is 1.00 bits per heavy atom. The molecule has 1 aromatic rings. The molecule has 2 heteroatoms. The van der Waals surface area contributed by atoms with Crippen LogP contribution in [0.1, 0.15) is 69.6 Å². The number of hydrogen-bond donors (Lipinski definition) is 1. The molecule has 1 saturated carbocycles. The van der Waals surface area contributed by atoms with Gasteiger partial charge < -0.3 is 4.98 Å². The molecule has 2 aliphatic rings. The molecule has 0 bridgehead atoms. The highest BCUT2D eigenvalue weighted by Crippen LogP contribution is 2.30. The highest BCUT2D eigenvalue weighted by Gasteiger charge is 2.25. The van der Waals surface area contributed by atoms with Crippen molar-refractivity contribution in [1.82, 2.24) is 9.97 Å². The largest absolute Gasteiger partial charge is 0.346 e. The van der Waals surface area contributed by atoms with Crippen LogP contribution in [0, 0.1) is 17.8 Å². The summed E-state index contributed by atoms with van der Waals surface area (Å²) in [6.07, 6.45) is 12.1. The topological polar surface area (TPSA) is 28.7 Å². The highest BCUT2D eigenvalue weighted by atomic mass is 14.9. The SMILES string of the molecule is CC1Cc2nc(CC3CCCCCC3)[nH]c2CC1C. The van der Waals surface area contributed by atoms with Gasteiger partial charge in [-0.05, 0) is 30.6 Å². The van der Waals surface area contributed by atoms with Crippen molar-refractivity contribution in [2.24, 2.45) is 17.8 Å². The summed E-state index contributed by atoms with van der Waals surface area (Å²) in [6, 6.07) is 0. The average molecular weight is 260 g/mol. The van der Waals surface area contributed by atoms with Crippen molar-refractivity contribution in [2.75, 3.05) is 0 Å².